The first-order valence-electron chi connectivity index (χ1n) is 14.2. The fraction of sp³-hybridized carbons (Fsp3) is 0.710. The van der Waals surface area contributed by atoms with Gasteiger partial charge in [-0.3, -0.25) is 9.59 Å². The Morgan fingerprint density at radius 1 is 1.18 bits per heavy atom. The van der Waals surface area contributed by atoms with Gasteiger partial charge in [0.25, 0.3) is 0 Å². The molecule has 3 N–H and O–H groups in total. The van der Waals surface area contributed by atoms with Crippen molar-refractivity contribution in [2.75, 3.05) is 6.61 Å². The minimum Gasteiger partial charge on any atom is -0.458 e. The quantitative estimate of drug-likeness (QED) is 0.183. The van der Waals surface area contributed by atoms with Crippen LogP contribution in [0.3, 0.4) is 0 Å². The molecule has 2 saturated carbocycles. The van der Waals surface area contributed by atoms with Crippen LogP contribution in [0, 0.1) is 28.6 Å². The zero-order valence-electron chi connectivity index (χ0n) is 24.2. The monoisotopic (exact) mass is 544 g/mol. The number of hydrogen-bond donors (Lipinski definition) is 3. The van der Waals surface area contributed by atoms with Crippen LogP contribution >= 0.6 is 0 Å². The molecule has 6 unspecified atom stereocenters. The predicted molar refractivity (Wildman–Crippen MR) is 144 cm³/mol. The van der Waals surface area contributed by atoms with Crippen molar-refractivity contribution in [1.82, 2.24) is 0 Å². The molecular weight excluding hydrogens is 500 g/mol. The van der Waals surface area contributed by atoms with Gasteiger partial charge in [0, 0.05) is 29.2 Å². The Hall–Kier alpha value is -2.29. The van der Waals surface area contributed by atoms with Crippen LogP contribution in [0.5, 0.6) is 0 Å². The van der Waals surface area contributed by atoms with E-state index in [1.54, 1.807) is 39.0 Å². The van der Waals surface area contributed by atoms with Crippen LogP contribution in [0.1, 0.15) is 80.6 Å². The topological polar surface area (TPSA) is 130 Å². The zero-order chi connectivity index (χ0) is 29.1. The smallest absolute Gasteiger partial charge is 0.333 e. The molecule has 0 aromatic rings. The van der Waals surface area contributed by atoms with Gasteiger partial charge in [0.2, 0.25) is 0 Å². The van der Waals surface area contributed by atoms with Crippen molar-refractivity contribution in [2.24, 2.45) is 28.6 Å². The van der Waals surface area contributed by atoms with Crippen molar-refractivity contribution in [3.63, 3.8) is 0 Å². The number of Topliss-reactive ketones (excluding diaryl/α,β-unsaturated/α-hetero) is 1. The third-order valence-corrected chi connectivity index (χ3v) is 10.3. The summed E-state index contributed by atoms with van der Waals surface area (Å²) in [5.74, 6) is -3.02. The van der Waals surface area contributed by atoms with Crippen LogP contribution < -0.4 is 0 Å². The summed E-state index contributed by atoms with van der Waals surface area (Å²) in [5, 5.41) is 35.1. The number of ether oxygens (including phenoxy) is 2. The van der Waals surface area contributed by atoms with E-state index < -0.39 is 58.0 Å². The van der Waals surface area contributed by atoms with Gasteiger partial charge in [-0.1, -0.05) is 58.8 Å². The Labute approximate surface area is 231 Å². The maximum atomic E-state index is 14.6. The number of aliphatic hydroxyl groups is 3. The summed E-state index contributed by atoms with van der Waals surface area (Å²) < 4.78 is 11.7. The van der Waals surface area contributed by atoms with E-state index in [0.717, 1.165) is 19.3 Å². The van der Waals surface area contributed by atoms with Crippen LogP contribution in [0.25, 0.3) is 0 Å². The number of carbonyl (C=O) groups excluding carboxylic acids is 3. The molecule has 4 aliphatic rings. The fourth-order valence-corrected chi connectivity index (χ4v) is 7.87. The zero-order valence-corrected chi connectivity index (χ0v) is 24.2. The highest BCUT2D eigenvalue weighted by molar-refractivity contribution is 5.96. The minimum absolute atomic E-state index is 0.150. The molecule has 0 aliphatic heterocycles. The molecule has 0 saturated heterocycles. The van der Waals surface area contributed by atoms with Crippen LogP contribution in [-0.4, -0.2) is 63.1 Å². The van der Waals surface area contributed by atoms with Crippen LogP contribution in [-0.2, 0) is 23.9 Å². The number of allylic oxidation sites excluding steroid dienone is 2. The number of esters is 2. The van der Waals surface area contributed by atoms with Gasteiger partial charge < -0.3 is 24.8 Å². The summed E-state index contributed by atoms with van der Waals surface area (Å²) in [6.07, 6.45) is 4.84. The Morgan fingerprint density at radius 3 is 2.46 bits per heavy atom. The maximum absolute atomic E-state index is 14.6. The van der Waals surface area contributed by atoms with Gasteiger partial charge in [-0.2, -0.15) is 0 Å². The molecule has 1 spiro atoms. The molecule has 4 rings (SSSR count). The second-order valence-corrected chi connectivity index (χ2v) is 12.7. The lowest BCUT2D eigenvalue weighted by atomic mass is 9.59. The Balaban J connectivity index is 1.82. The van der Waals surface area contributed by atoms with Crippen molar-refractivity contribution < 1.29 is 39.2 Å². The molecule has 216 valence electrons. The summed E-state index contributed by atoms with van der Waals surface area (Å²) >= 11 is 0. The van der Waals surface area contributed by atoms with E-state index >= 15 is 0 Å². The number of rotatable bonds is 8. The third-order valence-electron chi connectivity index (χ3n) is 10.3. The first-order chi connectivity index (χ1) is 18.2. The van der Waals surface area contributed by atoms with Gasteiger partial charge >= 0.3 is 11.9 Å². The van der Waals surface area contributed by atoms with Gasteiger partial charge in [-0.15, -0.1) is 0 Å². The van der Waals surface area contributed by atoms with E-state index in [1.807, 2.05) is 20.8 Å². The lowest BCUT2D eigenvalue weighted by Crippen LogP contribution is -2.65. The Kier molecular flexibility index (Phi) is 7.58. The average Bonchev–Trinajstić information content (AvgIpc) is 3.29. The van der Waals surface area contributed by atoms with E-state index in [0.29, 0.717) is 17.6 Å². The molecule has 4 aliphatic carbocycles. The van der Waals surface area contributed by atoms with Crippen LogP contribution in [0.2, 0.25) is 0 Å². The fourth-order valence-electron chi connectivity index (χ4n) is 7.87. The molecule has 2 bridgehead atoms. The molecule has 0 amide bonds. The highest BCUT2D eigenvalue weighted by atomic mass is 16.6. The summed E-state index contributed by atoms with van der Waals surface area (Å²) in [7, 11) is 0. The molecule has 8 nitrogen and oxygen atoms in total. The van der Waals surface area contributed by atoms with Gasteiger partial charge in [-0.25, -0.2) is 4.79 Å². The second-order valence-electron chi connectivity index (χ2n) is 12.7. The average molecular weight is 545 g/mol. The number of fused-ring (bicyclic) bond motifs is 3. The summed E-state index contributed by atoms with van der Waals surface area (Å²) in [5.41, 5.74) is -4.47. The van der Waals surface area contributed by atoms with E-state index in [1.165, 1.54) is 0 Å². The van der Waals surface area contributed by atoms with E-state index in [-0.39, 0.29) is 30.4 Å². The van der Waals surface area contributed by atoms with Crippen LogP contribution in [0.15, 0.2) is 34.9 Å². The molecule has 0 aromatic heterocycles. The normalized spacial score (nSPS) is 40.4. The number of ketones is 1. The molecule has 2 fully saturated rings. The molecule has 8 atom stereocenters. The molecule has 0 aromatic carbocycles. The molecular formula is C31H44O8. The lowest BCUT2D eigenvalue weighted by molar-refractivity contribution is -0.192. The number of hydrogen-bond acceptors (Lipinski definition) is 8. The van der Waals surface area contributed by atoms with E-state index in [9.17, 15) is 29.7 Å². The Morgan fingerprint density at radius 2 is 1.85 bits per heavy atom. The summed E-state index contributed by atoms with van der Waals surface area (Å²) in [4.78, 5) is 40.0. The standard InChI is InChI=1S/C31H44O8/c1-8-10-11-12-22(32)39-30-15-19(5)29-14-18(4)24(33)31(29,37)25(34)20(16-38-27(36)17(3)9-2)13-21(26(29)35)23(30)28(30,6)7/h9,13-14,19,21,23-25,33-34,37H,8,10-12,15-16H2,1-7H3/b17-9-/t19?,21?,23-,24?,25?,29?,30+,31?/m1/s1. The van der Waals surface area contributed by atoms with Crippen molar-refractivity contribution in [2.45, 2.75) is 104 Å². The van der Waals surface area contributed by atoms with Gasteiger partial charge in [0.15, 0.2) is 5.78 Å². The molecule has 0 heterocycles. The van der Waals surface area contributed by atoms with Crippen LogP contribution in [0.4, 0.5) is 0 Å². The minimum atomic E-state index is -2.27. The predicted octanol–water partition coefficient (Wildman–Crippen LogP) is 3.58. The largest absolute Gasteiger partial charge is 0.458 e. The van der Waals surface area contributed by atoms with Crippen molar-refractivity contribution in [3.8, 4) is 0 Å². The number of unbranched alkanes of at least 4 members (excludes halogenated alkanes) is 2. The van der Waals surface area contributed by atoms with Gasteiger partial charge in [-0.05, 0) is 50.7 Å². The second kappa shape index (κ2) is 9.96. The van der Waals surface area contributed by atoms with Crippen molar-refractivity contribution in [3.05, 3.63) is 34.9 Å². The van der Waals surface area contributed by atoms with Crippen molar-refractivity contribution in [1.29, 1.82) is 0 Å². The molecule has 39 heavy (non-hydrogen) atoms. The van der Waals surface area contributed by atoms with Crippen molar-refractivity contribution >= 4 is 17.7 Å². The van der Waals surface area contributed by atoms with E-state index in [4.69, 9.17) is 9.47 Å². The first-order valence-corrected chi connectivity index (χ1v) is 14.2. The number of aliphatic hydroxyl groups excluding tert-OH is 2. The SMILES string of the molecule is C/C=C(/C)C(=O)OCC1=CC2C(=O)C3(C=C(C)C(O)C3(O)C1O)C(C)C[C@]1(OC(=O)CCCCC)[C@H]2C1(C)C. The third kappa shape index (κ3) is 4.00. The summed E-state index contributed by atoms with van der Waals surface area (Å²) in [6, 6.07) is 0. The molecule has 8 heteroatoms. The highest BCUT2D eigenvalue weighted by Crippen LogP contribution is 2.75. The van der Waals surface area contributed by atoms with E-state index in [2.05, 4.69) is 6.92 Å². The number of carbonyl (C=O) groups is 3. The lowest BCUT2D eigenvalue weighted by Gasteiger charge is -2.48. The maximum Gasteiger partial charge on any atom is 0.333 e. The first kappa shape index (κ1) is 29.7. The summed E-state index contributed by atoms with van der Waals surface area (Å²) in [6.45, 7) is 12.4. The Bertz CT molecular complexity index is 1150. The molecule has 0 radical (unpaired) electrons. The highest BCUT2D eigenvalue weighted by Gasteiger charge is 2.83. The van der Waals surface area contributed by atoms with Gasteiger partial charge in [0.1, 0.15) is 30.0 Å². The van der Waals surface area contributed by atoms with Gasteiger partial charge in [0.05, 0.1) is 5.41 Å².